The van der Waals surface area contributed by atoms with E-state index in [0.29, 0.717) is 12.1 Å². The second-order valence-corrected chi connectivity index (χ2v) is 7.27. The van der Waals surface area contributed by atoms with Crippen molar-refractivity contribution in [3.05, 3.63) is 65.2 Å². The third-order valence-electron chi connectivity index (χ3n) is 3.49. The highest BCUT2D eigenvalue weighted by Crippen LogP contribution is 2.11. The maximum absolute atomic E-state index is 12.2. The van der Waals surface area contributed by atoms with Gasteiger partial charge in [0.1, 0.15) is 0 Å². The molecule has 0 atom stereocenters. The van der Waals surface area contributed by atoms with Crippen molar-refractivity contribution in [3.63, 3.8) is 0 Å². The summed E-state index contributed by atoms with van der Waals surface area (Å²) in [7, 11) is -3.67. The lowest BCUT2D eigenvalue weighted by Gasteiger charge is -2.08. The SMILES string of the molecule is Cc1cccc(CNC(=O)c2ccc(S(=O)(=O)NCCC#N)cc2)c1. The number of benzene rings is 2. The third kappa shape index (κ3) is 5.41. The molecule has 0 unspecified atom stereocenters. The van der Waals surface area contributed by atoms with Crippen LogP contribution >= 0.6 is 0 Å². The maximum Gasteiger partial charge on any atom is 0.251 e. The molecule has 2 aromatic rings. The lowest BCUT2D eigenvalue weighted by Crippen LogP contribution is -2.25. The fourth-order valence-electron chi connectivity index (χ4n) is 2.22. The molecule has 0 saturated carbocycles. The van der Waals surface area contributed by atoms with E-state index in [1.807, 2.05) is 37.3 Å². The van der Waals surface area contributed by atoms with Crippen molar-refractivity contribution < 1.29 is 13.2 Å². The Morgan fingerprint density at radius 1 is 1.16 bits per heavy atom. The minimum atomic E-state index is -3.67. The number of sulfonamides is 1. The standard InChI is InChI=1S/C18H19N3O3S/c1-14-4-2-5-15(12-14)13-20-18(22)16-6-8-17(9-7-16)25(23,24)21-11-3-10-19/h2,4-9,12,21H,3,11,13H2,1H3,(H,20,22). The van der Waals surface area contributed by atoms with Crippen molar-refractivity contribution in [1.29, 1.82) is 5.26 Å². The number of carbonyl (C=O) groups is 1. The molecule has 2 rings (SSSR count). The Morgan fingerprint density at radius 2 is 1.88 bits per heavy atom. The van der Waals surface area contributed by atoms with Crippen LogP contribution in [0.25, 0.3) is 0 Å². The first-order valence-electron chi connectivity index (χ1n) is 7.73. The Hall–Kier alpha value is -2.69. The smallest absolute Gasteiger partial charge is 0.251 e. The molecule has 0 aliphatic carbocycles. The molecule has 0 spiro atoms. The number of hydrogen-bond acceptors (Lipinski definition) is 4. The van der Waals surface area contributed by atoms with E-state index in [1.54, 1.807) is 0 Å². The first-order chi connectivity index (χ1) is 11.9. The van der Waals surface area contributed by atoms with Crippen molar-refractivity contribution in [2.75, 3.05) is 6.54 Å². The quantitative estimate of drug-likeness (QED) is 0.741. The fourth-order valence-corrected chi connectivity index (χ4v) is 3.25. The average Bonchev–Trinajstić information content (AvgIpc) is 2.60. The summed E-state index contributed by atoms with van der Waals surface area (Å²) in [5, 5.41) is 11.3. The van der Waals surface area contributed by atoms with Crippen molar-refractivity contribution >= 4 is 15.9 Å². The van der Waals surface area contributed by atoms with Gasteiger partial charge in [-0.25, -0.2) is 13.1 Å². The minimum Gasteiger partial charge on any atom is -0.348 e. The Balaban J connectivity index is 1.99. The molecular formula is C18H19N3O3S. The van der Waals surface area contributed by atoms with Crippen LogP contribution in [0.5, 0.6) is 0 Å². The van der Waals surface area contributed by atoms with Gasteiger partial charge in [-0.05, 0) is 36.8 Å². The van der Waals surface area contributed by atoms with E-state index in [1.165, 1.54) is 24.3 Å². The monoisotopic (exact) mass is 357 g/mol. The number of nitrogens with one attached hydrogen (secondary N) is 2. The molecule has 7 heteroatoms. The van der Waals surface area contributed by atoms with Gasteiger partial charge in [0.15, 0.2) is 0 Å². The molecule has 0 radical (unpaired) electrons. The summed E-state index contributed by atoms with van der Waals surface area (Å²) in [6.07, 6.45) is 0.0959. The van der Waals surface area contributed by atoms with Crippen LogP contribution in [-0.4, -0.2) is 20.9 Å². The predicted octanol–water partition coefficient (Wildman–Crippen LogP) is 2.12. The Kier molecular flexibility index (Phi) is 6.28. The van der Waals surface area contributed by atoms with Crippen molar-refractivity contribution in [1.82, 2.24) is 10.0 Å². The van der Waals surface area contributed by atoms with Gasteiger partial charge in [0.2, 0.25) is 10.0 Å². The Morgan fingerprint density at radius 3 is 2.52 bits per heavy atom. The van der Waals surface area contributed by atoms with Crippen LogP contribution in [0.2, 0.25) is 0 Å². The van der Waals surface area contributed by atoms with Gasteiger partial charge >= 0.3 is 0 Å². The third-order valence-corrected chi connectivity index (χ3v) is 4.97. The number of nitriles is 1. The zero-order valence-electron chi connectivity index (χ0n) is 13.8. The van der Waals surface area contributed by atoms with Gasteiger partial charge in [-0.15, -0.1) is 0 Å². The number of aryl methyl sites for hydroxylation is 1. The van der Waals surface area contributed by atoms with Crippen LogP contribution in [0.3, 0.4) is 0 Å². The molecule has 2 N–H and O–H groups in total. The molecule has 0 aliphatic heterocycles. The molecule has 0 fully saturated rings. The number of amides is 1. The summed E-state index contributed by atoms with van der Waals surface area (Å²) in [5.41, 5.74) is 2.49. The van der Waals surface area contributed by atoms with Crippen LogP contribution in [0.15, 0.2) is 53.4 Å². The summed E-state index contributed by atoms with van der Waals surface area (Å²) in [6.45, 7) is 2.43. The van der Waals surface area contributed by atoms with E-state index in [2.05, 4.69) is 10.0 Å². The van der Waals surface area contributed by atoms with Crippen molar-refractivity contribution in [2.45, 2.75) is 24.8 Å². The summed E-state index contributed by atoms with van der Waals surface area (Å²) < 4.78 is 26.3. The molecule has 0 heterocycles. The number of nitrogens with zero attached hydrogens (tertiary/aromatic N) is 1. The van der Waals surface area contributed by atoms with Crippen LogP contribution < -0.4 is 10.0 Å². The van der Waals surface area contributed by atoms with E-state index >= 15 is 0 Å². The van der Waals surface area contributed by atoms with Gasteiger partial charge in [0, 0.05) is 25.1 Å². The molecule has 0 aliphatic rings. The molecule has 0 aromatic heterocycles. The van der Waals surface area contributed by atoms with Gasteiger partial charge in [-0.1, -0.05) is 29.8 Å². The molecule has 0 bridgehead atoms. The van der Waals surface area contributed by atoms with Crippen LogP contribution in [-0.2, 0) is 16.6 Å². The summed E-state index contributed by atoms with van der Waals surface area (Å²) in [5.74, 6) is -0.275. The van der Waals surface area contributed by atoms with E-state index < -0.39 is 10.0 Å². The zero-order chi connectivity index (χ0) is 18.3. The molecule has 6 nitrogen and oxygen atoms in total. The minimum absolute atomic E-state index is 0.0531. The van der Waals surface area contributed by atoms with Crippen LogP contribution in [0.4, 0.5) is 0 Å². The lowest BCUT2D eigenvalue weighted by atomic mass is 10.1. The Labute approximate surface area is 147 Å². The van der Waals surface area contributed by atoms with Gasteiger partial charge in [-0.2, -0.15) is 5.26 Å². The predicted molar refractivity (Wildman–Crippen MR) is 94.2 cm³/mol. The van der Waals surface area contributed by atoms with E-state index in [0.717, 1.165) is 11.1 Å². The number of hydrogen-bond donors (Lipinski definition) is 2. The summed E-state index contributed by atoms with van der Waals surface area (Å²) >= 11 is 0. The highest BCUT2D eigenvalue weighted by molar-refractivity contribution is 7.89. The van der Waals surface area contributed by atoms with Gasteiger partial charge < -0.3 is 5.32 Å². The zero-order valence-corrected chi connectivity index (χ0v) is 14.6. The fraction of sp³-hybridized carbons (Fsp3) is 0.222. The summed E-state index contributed by atoms with van der Waals surface area (Å²) in [4.78, 5) is 12.2. The molecule has 1 amide bonds. The molecule has 2 aromatic carbocycles. The molecule has 25 heavy (non-hydrogen) atoms. The van der Waals surface area contributed by atoms with Gasteiger partial charge in [0.05, 0.1) is 11.0 Å². The maximum atomic E-state index is 12.2. The van der Waals surface area contributed by atoms with Gasteiger partial charge in [0.25, 0.3) is 5.91 Å². The highest BCUT2D eigenvalue weighted by atomic mass is 32.2. The second kappa shape index (κ2) is 8.42. The molecule has 130 valence electrons. The summed E-state index contributed by atoms with van der Waals surface area (Å²) in [6, 6.07) is 15.4. The van der Waals surface area contributed by atoms with Crippen LogP contribution in [0, 0.1) is 18.3 Å². The lowest BCUT2D eigenvalue weighted by molar-refractivity contribution is 0.0951. The molecule has 0 saturated heterocycles. The van der Waals surface area contributed by atoms with E-state index in [4.69, 9.17) is 5.26 Å². The topological polar surface area (TPSA) is 99.1 Å². The largest absolute Gasteiger partial charge is 0.348 e. The van der Waals surface area contributed by atoms with E-state index in [-0.39, 0.29) is 23.8 Å². The molecular weight excluding hydrogens is 338 g/mol. The first-order valence-corrected chi connectivity index (χ1v) is 9.21. The van der Waals surface area contributed by atoms with Crippen molar-refractivity contribution in [2.24, 2.45) is 0 Å². The van der Waals surface area contributed by atoms with Gasteiger partial charge in [-0.3, -0.25) is 4.79 Å². The second-order valence-electron chi connectivity index (χ2n) is 5.50. The Bertz CT molecular complexity index is 885. The first kappa shape index (κ1) is 18.6. The number of carbonyl (C=O) groups excluding carboxylic acids is 1. The van der Waals surface area contributed by atoms with E-state index in [9.17, 15) is 13.2 Å². The normalized spacial score (nSPS) is 10.9. The number of rotatable bonds is 7. The average molecular weight is 357 g/mol. The van der Waals surface area contributed by atoms with Crippen molar-refractivity contribution in [3.8, 4) is 6.07 Å². The van der Waals surface area contributed by atoms with Crippen LogP contribution in [0.1, 0.15) is 27.9 Å². The highest BCUT2D eigenvalue weighted by Gasteiger charge is 2.14.